The molecule has 1 amide bonds. The van der Waals surface area contributed by atoms with Crippen LogP contribution in [-0.2, 0) is 0 Å². The highest BCUT2D eigenvalue weighted by atomic mass is 35.5. The van der Waals surface area contributed by atoms with Crippen LogP contribution in [0.4, 0.5) is 10.1 Å². The average Bonchev–Trinajstić information content (AvgIpc) is 2.64. The second-order valence-corrected chi connectivity index (χ2v) is 4.21. The van der Waals surface area contributed by atoms with Gasteiger partial charge in [-0.05, 0) is 32.0 Å². The summed E-state index contributed by atoms with van der Waals surface area (Å²) in [6.07, 6.45) is 0. The molecular formula is C12H10ClFN2O2. The first kappa shape index (κ1) is 12.6. The largest absolute Gasteiger partial charge is 0.359 e. The van der Waals surface area contributed by atoms with E-state index < -0.39 is 11.7 Å². The normalized spacial score (nSPS) is 10.4. The fourth-order valence-corrected chi connectivity index (χ4v) is 1.69. The summed E-state index contributed by atoms with van der Waals surface area (Å²) in [6, 6.07) is 3.79. The molecule has 0 fully saturated rings. The molecule has 6 heteroatoms. The molecule has 0 saturated heterocycles. The van der Waals surface area contributed by atoms with E-state index in [1.54, 1.807) is 13.8 Å². The molecule has 0 aliphatic carbocycles. The van der Waals surface area contributed by atoms with E-state index in [-0.39, 0.29) is 5.56 Å². The minimum atomic E-state index is -0.635. The van der Waals surface area contributed by atoms with Gasteiger partial charge in [-0.3, -0.25) is 4.79 Å². The predicted octanol–water partition coefficient (Wildman–Crippen LogP) is 3.34. The van der Waals surface area contributed by atoms with Gasteiger partial charge in [0.15, 0.2) is 5.76 Å². The van der Waals surface area contributed by atoms with E-state index in [4.69, 9.17) is 16.1 Å². The van der Waals surface area contributed by atoms with Crippen molar-refractivity contribution in [3.63, 3.8) is 0 Å². The average molecular weight is 269 g/mol. The first-order valence-corrected chi connectivity index (χ1v) is 5.56. The Morgan fingerprint density at radius 3 is 2.78 bits per heavy atom. The molecular weight excluding hydrogens is 259 g/mol. The highest BCUT2D eigenvalue weighted by Gasteiger charge is 2.16. The Balaban J connectivity index is 2.30. The van der Waals surface area contributed by atoms with Gasteiger partial charge in [-0.15, -0.1) is 0 Å². The van der Waals surface area contributed by atoms with E-state index in [0.717, 1.165) is 6.07 Å². The SMILES string of the molecule is Cc1noc(C)c1NC(=O)c1cc(Cl)ccc1F. The minimum absolute atomic E-state index is 0.123. The van der Waals surface area contributed by atoms with Gasteiger partial charge in [0, 0.05) is 5.02 Å². The molecule has 18 heavy (non-hydrogen) atoms. The summed E-state index contributed by atoms with van der Waals surface area (Å²) in [6.45, 7) is 3.34. The number of benzene rings is 1. The zero-order valence-corrected chi connectivity index (χ0v) is 10.5. The highest BCUT2D eigenvalue weighted by molar-refractivity contribution is 6.31. The number of aryl methyl sites for hydroxylation is 2. The molecule has 1 aromatic heterocycles. The zero-order valence-electron chi connectivity index (χ0n) is 9.75. The number of rotatable bonds is 2. The molecule has 2 rings (SSSR count). The third kappa shape index (κ3) is 2.36. The zero-order chi connectivity index (χ0) is 13.3. The van der Waals surface area contributed by atoms with Gasteiger partial charge in [0.05, 0.1) is 5.56 Å². The fourth-order valence-electron chi connectivity index (χ4n) is 1.51. The maximum atomic E-state index is 13.5. The molecule has 0 aliphatic heterocycles. The van der Waals surface area contributed by atoms with Gasteiger partial charge >= 0.3 is 0 Å². The van der Waals surface area contributed by atoms with Gasteiger partial charge in [0.1, 0.15) is 17.2 Å². The van der Waals surface area contributed by atoms with Gasteiger partial charge in [0.2, 0.25) is 0 Å². The Labute approximate surface area is 108 Å². The van der Waals surface area contributed by atoms with Crippen molar-refractivity contribution in [1.29, 1.82) is 0 Å². The summed E-state index contributed by atoms with van der Waals surface area (Å²) in [5.41, 5.74) is 0.852. The van der Waals surface area contributed by atoms with E-state index in [1.807, 2.05) is 0 Å². The highest BCUT2D eigenvalue weighted by Crippen LogP contribution is 2.21. The van der Waals surface area contributed by atoms with Crippen molar-refractivity contribution in [3.8, 4) is 0 Å². The van der Waals surface area contributed by atoms with Crippen LogP contribution in [-0.4, -0.2) is 11.1 Å². The van der Waals surface area contributed by atoms with Crippen molar-refractivity contribution < 1.29 is 13.7 Å². The number of nitrogens with zero attached hydrogens (tertiary/aromatic N) is 1. The summed E-state index contributed by atoms with van der Waals surface area (Å²) in [5.74, 6) is -0.767. The lowest BCUT2D eigenvalue weighted by molar-refractivity contribution is 0.102. The maximum absolute atomic E-state index is 13.5. The van der Waals surface area contributed by atoms with E-state index >= 15 is 0 Å². The molecule has 0 bridgehead atoms. The molecule has 0 atom stereocenters. The third-order valence-corrected chi connectivity index (χ3v) is 2.68. The summed E-state index contributed by atoms with van der Waals surface area (Å²) < 4.78 is 18.4. The van der Waals surface area contributed by atoms with Crippen LogP contribution >= 0.6 is 11.6 Å². The van der Waals surface area contributed by atoms with Crippen LogP contribution in [0.1, 0.15) is 21.8 Å². The van der Waals surface area contributed by atoms with E-state index in [1.165, 1.54) is 12.1 Å². The number of carbonyl (C=O) groups is 1. The topological polar surface area (TPSA) is 55.1 Å². The fraction of sp³-hybridized carbons (Fsp3) is 0.167. The molecule has 0 radical (unpaired) electrons. The van der Waals surface area contributed by atoms with Crippen molar-refractivity contribution in [2.45, 2.75) is 13.8 Å². The summed E-state index contributed by atoms with van der Waals surface area (Å²) in [4.78, 5) is 11.9. The predicted molar refractivity (Wildman–Crippen MR) is 65.3 cm³/mol. The maximum Gasteiger partial charge on any atom is 0.258 e. The third-order valence-electron chi connectivity index (χ3n) is 2.44. The minimum Gasteiger partial charge on any atom is -0.359 e. The standard InChI is InChI=1S/C12H10ClFN2O2/c1-6-11(7(2)18-16-6)15-12(17)9-5-8(13)3-4-10(9)14/h3-5H,1-2H3,(H,15,17). The Morgan fingerprint density at radius 2 is 2.17 bits per heavy atom. The van der Waals surface area contributed by atoms with Crippen LogP contribution < -0.4 is 5.32 Å². The van der Waals surface area contributed by atoms with Crippen molar-refractivity contribution >= 4 is 23.2 Å². The molecule has 0 saturated carbocycles. The number of amides is 1. The first-order chi connectivity index (χ1) is 8.49. The van der Waals surface area contributed by atoms with Crippen molar-refractivity contribution in [2.24, 2.45) is 0 Å². The van der Waals surface area contributed by atoms with Gasteiger partial charge in [-0.2, -0.15) is 0 Å². The number of nitrogens with one attached hydrogen (secondary N) is 1. The molecule has 0 spiro atoms. The van der Waals surface area contributed by atoms with Crippen LogP contribution in [0.3, 0.4) is 0 Å². The summed E-state index contributed by atoms with van der Waals surface area (Å²) >= 11 is 5.73. The second-order valence-electron chi connectivity index (χ2n) is 3.78. The van der Waals surface area contributed by atoms with Crippen LogP contribution in [0.15, 0.2) is 22.7 Å². The Kier molecular flexibility index (Phi) is 3.34. The molecule has 2 aromatic rings. The number of aromatic nitrogens is 1. The molecule has 4 nitrogen and oxygen atoms in total. The lowest BCUT2D eigenvalue weighted by atomic mass is 10.2. The lowest BCUT2D eigenvalue weighted by Gasteiger charge is -2.05. The van der Waals surface area contributed by atoms with Gasteiger partial charge in [0.25, 0.3) is 5.91 Å². The van der Waals surface area contributed by atoms with E-state index in [0.29, 0.717) is 22.2 Å². The molecule has 1 heterocycles. The van der Waals surface area contributed by atoms with Crippen LogP contribution in [0, 0.1) is 19.7 Å². The van der Waals surface area contributed by atoms with Crippen LogP contribution in [0.25, 0.3) is 0 Å². The van der Waals surface area contributed by atoms with Gasteiger partial charge < -0.3 is 9.84 Å². The Hall–Kier alpha value is -1.88. The van der Waals surface area contributed by atoms with E-state index in [9.17, 15) is 9.18 Å². The molecule has 1 aromatic carbocycles. The van der Waals surface area contributed by atoms with Crippen molar-refractivity contribution in [2.75, 3.05) is 5.32 Å². The molecule has 0 aliphatic rings. The van der Waals surface area contributed by atoms with Gasteiger partial charge in [-0.1, -0.05) is 16.8 Å². The Morgan fingerprint density at radius 1 is 1.44 bits per heavy atom. The number of anilines is 1. The Bertz CT molecular complexity index is 591. The van der Waals surface area contributed by atoms with Crippen molar-refractivity contribution in [3.05, 3.63) is 46.1 Å². The summed E-state index contributed by atoms with van der Waals surface area (Å²) in [7, 11) is 0. The number of carbonyl (C=O) groups excluding carboxylic acids is 1. The molecule has 0 unspecified atom stereocenters. The monoisotopic (exact) mass is 268 g/mol. The summed E-state index contributed by atoms with van der Waals surface area (Å²) in [5, 5.41) is 6.53. The number of halogens is 2. The van der Waals surface area contributed by atoms with Gasteiger partial charge in [-0.25, -0.2) is 4.39 Å². The van der Waals surface area contributed by atoms with Crippen molar-refractivity contribution in [1.82, 2.24) is 5.16 Å². The second kappa shape index (κ2) is 4.78. The number of hydrogen-bond acceptors (Lipinski definition) is 3. The first-order valence-electron chi connectivity index (χ1n) is 5.18. The van der Waals surface area contributed by atoms with Crippen LogP contribution in [0.2, 0.25) is 5.02 Å². The lowest BCUT2D eigenvalue weighted by Crippen LogP contribution is -2.14. The molecule has 1 N–H and O–H groups in total. The molecule has 94 valence electrons. The number of hydrogen-bond donors (Lipinski definition) is 1. The van der Waals surface area contributed by atoms with E-state index in [2.05, 4.69) is 10.5 Å². The smallest absolute Gasteiger partial charge is 0.258 e. The van der Waals surface area contributed by atoms with Crippen LogP contribution in [0.5, 0.6) is 0 Å². The quantitative estimate of drug-likeness (QED) is 0.909.